The number of carbonyl (C=O) groups is 1. The lowest BCUT2D eigenvalue weighted by Crippen LogP contribution is -2.72. The summed E-state index contributed by atoms with van der Waals surface area (Å²) in [4.78, 5) is 10.7. The number of allylic oxidation sites excluding steroid dienone is 1. The third-order valence-electron chi connectivity index (χ3n) is 3.07. The van der Waals surface area contributed by atoms with Crippen molar-refractivity contribution in [3.05, 3.63) is 12.2 Å². The van der Waals surface area contributed by atoms with E-state index in [0.29, 0.717) is 0 Å². The minimum atomic E-state index is -8.36. The molecule has 17 heteroatoms. The van der Waals surface area contributed by atoms with Gasteiger partial charge < -0.3 is 4.74 Å². The van der Waals surface area contributed by atoms with Crippen molar-refractivity contribution >= 4 is 5.97 Å². The maximum absolute atomic E-state index is 13.3. The molecule has 29 heavy (non-hydrogen) atoms. The molecule has 0 spiro atoms. The van der Waals surface area contributed by atoms with E-state index in [-0.39, 0.29) is 0 Å². The van der Waals surface area contributed by atoms with Gasteiger partial charge in [-0.3, -0.25) is 0 Å². The van der Waals surface area contributed by atoms with Crippen molar-refractivity contribution in [3.8, 4) is 0 Å². The summed E-state index contributed by atoms with van der Waals surface area (Å²) in [6.07, 6.45) is -9.87. The zero-order chi connectivity index (χ0) is 23.9. The van der Waals surface area contributed by atoms with Crippen molar-refractivity contribution in [2.45, 2.75) is 48.6 Å². The molecule has 0 radical (unpaired) electrons. The minimum absolute atomic E-state index is 0.585. The molecular weight excluding hydrogens is 461 g/mol. The lowest BCUT2D eigenvalue weighted by molar-refractivity contribution is -0.449. The first-order valence-electron chi connectivity index (χ1n) is 6.65. The monoisotopic (exact) mass is 468 g/mol. The number of carbonyl (C=O) groups excluding carboxylic acids is 1. The first kappa shape index (κ1) is 27.2. The predicted octanol–water partition coefficient (Wildman–Crippen LogP) is 5.48. The van der Waals surface area contributed by atoms with Gasteiger partial charge in [-0.15, -0.1) is 0 Å². The van der Waals surface area contributed by atoms with Crippen molar-refractivity contribution in [1.82, 2.24) is 0 Å². The van der Waals surface area contributed by atoms with E-state index in [4.69, 9.17) is 0 Å². The molecule has 0 heterocycles. The van der Waals surface area contributed by atoms with Crippen LogP contribution >= 0.6 is 0 Å². The van der Waals surface area contributed by atoms with Crippen molar-refractivity contribution in [2.24, 2.45) is 0 Å². The number of hydrogen-bond acceptors (Lipinski definition) is 2. The Bertz CT molecular complexity index is 632. The molecule has 0 unspecified atom stereocenters. The normalized spacial score (nSPS) is 15.7. The Hall–Kier alpha value is -1.84. The van der Waals surface area contributed by atoms with Gasteiger partial charge in [-0.25, -0.2) is 4.79 Å². The zero-order valence-corrected chi connectivity index (χ0v) is 13.3. The summed E-state index contributed by atoms with van der Waals surface area (Å²) in [7, 11) is 0. The van der Waals surface area contributed by atoms with Crippen molar-refractivity contribution in [1.29, 1.82) is 0 Å². The van der Waals surface area contributed by atoms with Crippen LogP contribution in [-0.4, -0.2) is 54.3 Å². The highest BCUT2D eigenvalue weighted by molar-refractivity contribution is 5.82. The maximum atomic E-state index is 13.3. The van der Waals surface area contributed by atoms with Crippen LogP contribution in [0.1, 0.15) is 6.92 Å². The number of rotatable bonds is 8. The Labute approximate surface area is 150 Å². The van der Waals surface area contributed by atoms with Gasteiger partial charge in [0.2, 0.25) is 0 Å². The van der Waals surface area contributed by atoms with Crippen LogP contribution in [0.15, 0.2) is 12.2 Å². The second kappa shape index (κ2) is 7.45. The molecule has 0 aliphatic rings. The summed E-state index contributed by atoms with van der Waals surface area (Å²) in [5, 5.41) is 0. The second-order valence-corrected chi connectivity index (χ2v) is 5.08. The average molecular weight is 468 g/mol. The maximum Gasteiger partial charge on any atom is 0.460 e. The molecule has 0 aliphatic carbocycles. The van der Waals surface area contributed by atoms with Gasteiger partial charge in [0.25, 0.3) is 0 Å². The average Bonchev–Trinajstić information content (AvgIpc) is 2.51. The van der Waals surface area contributed by atoms with E-state index in [1.54, 1.807) is 0 Å². The van der Waals surface area contributed by atoms with Crippen LogP contribution in [0.25, 0.3) is 0 Å². The van der Waals surface area contributed by atoms with Crippen molar-refractivity contribution in [3.63, 3.8) is 0 Å². The van der Waals surface area contributed by atoms with E-state index in [0.717, 1.165) is 6.92 Å². The smallest absolute Gasteiger partial charge is 0.460 e. The van der Waals surface area contributed by atoms with Gasteiger partial charge in [-0.05, 0) is 13.0 Å². The molecule has 0 N–H and O–H groups in total. The number of esters is 1. The molecule has 0 fully saturated rings. The molecule has 0 aromatic rings. The Kier molecular flexibility index (Phi) is 6.97. The molecule has 0 atom stereocenters. The highest BCUT2D eigenvalue weighted by Crippen LogP contribution is 2.62. The molecule has 2 nitrogen and oxygen atoms in total. The Morgan fingerprint density at radius 2 is 1.00 bits per heavy atom. The molecule has 0 amide bonds. The number of hydrogen-bond donors (Lipinski definition) is 0. The SMILES string of the molecule is CCOC(=O)/C=C/C(F)(F)C(F)(F)C(F)(F)C(F)(F)C(F)(F)C(F)(F)C(F)(F)F. The van der Waals surface area contributed by atoms with Gasteiger partial charge in [0.15, 0.2) is 0 Å². The topological polar surface area (TPSA) is 26.3 Å². The van der Waals surface area contributed by atoms with E-state index in [9.17, 15) is 70.7 Å². The molecule has 172 valence electrons. The Morgan fingerprint density at radius 3 is 1.34 bits per heavy atom. The minimum Gasteiger partial charge on any atom is -0.463 e. The van der Waals surface area contributed by atoms with E-state index >= 15 is 0 Å². The number of alkyl halides is 15. The van der Waals surface area contributed by atoms with Gasteiger partial charge >= 0.3 is 47.7 Å². The van der Waals surface area contributed by atoms with E-state index in [2.05, 4.69) is 4.74 Å². The molecule has 0 aromatic heterocycles. The summed E-state index contributed by atoms with van der Waals surface area (Å²) in [6.45, 7) is 0.453. The van der Waals surface area contributed by atoms with Crippen LogP contribution in [0.4, 0.5) is 65.9 Å². The van der Waals surface area contributed by atoms with Crippen LogP contribution in [-0.2, 0) is 9.53 Å². The molecule has 0 rings (SSSR count). The number of ether oxygens (including phenoxy) is 1. The fourth-order valence-electron chi connectivity index (χ4n) is 1.45. The molecule has 0 saturated carbocycles. The van der Waals surface area contributed by atoms with Crippen LogP contribution in [0, 0.1) is 0 Å². The van der Waals surface area contributed by atoms with Gasteiger partial charge in [-0.1, -0.05) is 0 Å². The summed E-state index contributed by atoms with van der Waals surface area (Å²) in [5.74, 6) is -49.1. The van der Waals surface area contributed by atoms with Gasteiger partial charge in [-0.2, -0.15) is 65.9 Å². The lowest BCUT2D eigenvalue weighted by atomic mass is 9.91. The fraction of sp³-hybridized carbons (Fsp3) is 0.750. The third kappa shape index (κ3) is 4.08. The first-order chi connectivity index (χ1) is 12.5. The van der Waals surface area contributed by atoms with E-state index < -0.39 is 66.4 Å². The standard InChI is InChI=1S/C12H7F15O2/c1-2-29-5(28)3-4-6(13,14)7(15,16)8(17,18)9(19,20)10(21,22)11(23,24)12(25,26)27/h3-4H,2H2,1H3/b4-3+. The summed E-state index contributed by atoms with van der Waals surface area (Å²) in [5.41, 5.74) is 0. The first-order valence-corrected chi connectivity index (χ1v) is 6.65. The molecule has 0 aromatic carbocycles. The largest absolute Gasteiger partial charge is 0.463 e. The molecule has 0 saturated heterocycles. The van der Waals surface area contributed by atoms with Crippen LogP contribution in [0.5, 0.6) is 0 Å². The van der Waals surface area contributed by atoms with Gasteiger partial charge in [0.05, 0.1) is 6.61 Å². The van der Waals surface area contributed by atoms with Gasteiger partial charge in [0, 0.05) is 6.08 Å². The zero-order valence-electron chi connectivity index (χ0n) is 13.3. The highest BCUT2D eigenvalue weighted by Gasteiger charge is 2.93. The Balaban J connectivity index is 6.39. The lowest BCUT2D eigenvalue weighted by Gasteiger charge is -2.41. The molecule has 0 bridgehead atoms. The third-order valence-corrected chi connectivity index (χ3v) is 3.07. The highest BCUT2D eigenvalue weighted by atomic mass is 19.4. The van der Waals surface area contributed by atoms with Crippen LogP contribution in [0.3, 0.4) is 0 Å². The van der Waals surface area contributed by atoms with E-state index in [1.807, 2.05) is 0 Å². The van der Waals surface area contributed by atoms with Crippen LogP contribution in [0.2, 0.25) is 0 Å². The van der Waals surface area contributed by atoms with Crippen LogP contribution < -0.4 is 0 Å². The predicted molar refractivity (Wildman–Crippen MR) is 61.5 cm³/mol. The molecular formula is C12H7F15O2. The molecule has 0 aliphatic heterocycles. The van der Waals surface area contributed by atoms with Gasteiger partial charge in [0.1, 0.15) is 0 Å². The Morgan fingerprint density at radius 1 is 0.655 bits per heavy atom. The second-order valence-electron chi connectivity index (χ2n) is 5.08. The summed E-state index contributed by atoms with van der Waals surface area (Å²) < 4.78 is 196. The fourth-order valence-corrected chi connectivity index (χ4v) is 1.45. The van der Waals surface area contributed by atoms with E-state index in [1.165, 1.54) is 0 Å². The quantitative estimate of drug-likeness (QED) is 0.268. The number of halogens is 15. The van der Waals surface area contributed by atoms with Crippen molar-refractivity contribution < 1.29 is 75.4 Å². The summed E-state index contributed by atoms with van der Waals surface area (Å²) >= 11 is 0. The van der Waals surface area contributed by atoms with Crippen molar-refractivity contribution in [2.75, 3.05) is 6.61 Å². The summed E-state index contributed by atoms with van der Waals surface area (Å²) in [6, 6.07) is 0.